The van der Waals surface area contributed by atoms with Gasteiger partial charge in [0, 0.05) is 25.6 Å². The molecular weight excluding hydrogens is 436 g/mol. The molecule has 2 aromatic carbocycles. The summed E-state index contributed by atoms with van der Waals surface area (Å²) in [5.41, 5.74) is 4.58. The molecule has 34 heavy (non-hydrogen) atoms. The summed E-state index contributed by atoms with van der Waals surface area (Å²) in [5.74, 6) is -1.03. The SMILES string of the molecule is COC(CNC(=O)OCC1c2ccccc2-c2ccccc21)CC(=O)NC(CC(=O)O)C1CC1. The molecule has 1 saturated carbocycles. The zero-order valence-electron chi connectivity index (χ0n) is 19.2. The second-order valence-corrected chi connectivity index (χ2v) is 8.88. The molecule has 8 nitrogen and oxygen atoms in total. The van der Waals surface area contributed by atoms with E-state index in [1.807, 2.05) is 24.3 Å². The highest BCUT2D eigenvalue weighted by atomic mass is 16.5. The van der Waals surface area contributed by atoms with Gasteiger partial charge in [0.2, 0.25) is 5.91 Å². The topological polar surface area (TPSA) is 114 Å². The van der Waals surface area contributed by atoms with E-state index in [1.54, 1.807) is 0 Å². The molecule has 2 atom stereocenters. The van der Waals surface area contributed by atoms with Crippen LogP contribution in [0.4, 0.5) is 4.79 Å². The number of benzene rings is 2. The minimum Gasteiger partial charge on any atom is -0.481 e. The van der Waals surface area contributed by atoms with Crippen LogP contribution in [0.5, 0.6) is 0 Å². The smallest absolute Gasteiger partial charge is 0.407 e. The number of amides is 2. The first-order valence-electron chi connectivity index (χ1n) is 11.6. The first kappa shape index (κ1) is 23.8. The fourth-order valence-electron chi connectivity index (χ4n) is 4.58. The molecule has 2 aliphatic carbocycles. The van der Waals surface area contributed by atoms with Crippen LogP contribution >= 0.6 is 0 Å². The van der Waals surface area contributed by atoms with Crippen LogP contribution in [0, 0.1) is 5.92 Å². The molecule has 2 aromatic rings. The van der Waals surface area contributed by atoms with Crippen molar-refractivity contribution in [1.29, 1.82) is 0 Å². The molecule has 2 aliphatic rings. The van der Waals surface area contributed by atoms with Gasteiger partial charge in [0.1, 0.15) is 6.61 Å². The van der Waals surface area contributed by atoms with Crippen molar-refractivity contribution in [3.8, 4) is 11.1 Å². The highest BCUT2D eigenvalue weighted by Crippen LogP contribution is 2.44. The van der Waals surface area contributed by atoms with Gasteiger partial charge in [0.25, 0.3) is 0 Å². The molecule has 180 valence electrons. The average molecular weight is 467 g/mol. The van der Waals surface area contributed by atoms with E-state index in [9.17, 15) is 14.4 Å². The average Bonchev–Trinajstić information content (AvgIpc) is 3.63. The lowest BCUT2D eigenvalue weighted by molar-refractivity contribution is -0.138. The molecule has 1 fully saturated rings. The number of carbonyl (C=O) groups is 3. The molecule has 0 radical (unpaired) electrons. The van der Waals surface area contributed by atoms with Crippen LogP contribution in [-0.2, 0) is 19.1 Å². The summed E-state index contributed by atoms with van der Waals surface area (Å²) < 4.78 is 10.8. The van der Waals surface area contributed by atoms with Crippen LogP contribution in [0.15, 0.2) is 48.5 Å². The molecule has 8 heteroatoms. The number of carboxylic acids is 1. The number of hydrogen-bond donors (Lipinski definition) is 3. The second kappa shape index (κ2) is 10.7. The van der Waals surface area contributed by atoms with Gasteiger partial charge in [0.05, 0.1) is 18.9 Å². The normalized spacial score (nSPS) is 16.1. The summed E-state index contributed by atoms with van der Waals surface area (Å²) in [6, 6.07) is 15.9. The molecule has 2 unspecified atom stereocenters. The molecule has 0 aromatic heterocycles. The van der Waals surface area contributed by atoms with E-state index in [0.717, 1.165) is 35.1 Å². The summed E-state index contributed by atoms with van der Waals surface area (Å²) in [6.45, 7) is 0.309. The monoisotopic (exact) mass is 466 g/mol. The van der Waals surface area contributed by atoms with Crippen LogP contribution in [0.3, 0.4) is 0 Å². The zero-order chi connectivity index (χ0) is 24.1. The minimum absolute atomic E-state index is 0.0169. The predicted molar refractivity (Wildman–Crippen MR) is 125 cm³/mol. The Morgan fingerprint density at radius 2 is 1.62 bits per heavy atom. The Morgan fingerprint density at radius 1 is 1.00 bits per heavy atom. The second-order valence-electron chi connectivity index (χ2n) is 8.88. The Balaban J connectivity index is 1.25. The van der Waals surface area contributed by atoms with E-state index >= 15 is 0 Å². The molecule has 0 spiro atoms. The third-order valence-corrected chi connectivity index (χ3v) is 6.50. The fraction of sp³-hybridized carbons (Fsp3) is 0.423. The summed E-state index contributed by atoms with van der Waals surface area (Å²) >= 11 is 0. The summed E-state index contributed by atoms with van der Waals surface area (Å²) in [7, 11) is 1.47. The Labute approximate surface area is 198 Å². The van der Waals surface area contributed by atoms with E-state index in [0.29, 0.717) is 0 Å². The van der Waals surface area contributed by atoms with Crippen molar-refractivity contribution in [2.45, 2.75) is 43.7 Å². The Kier molecular flexibility index (Phi) is 7.47. The number of ether oxygens (including phenoxy) is 2. The van der Waals surface area contributed by atoms with Gasteiger partial charge in [-0.3, -0.25) is 9.59 Å². The summed E-state index contributed by atoms with van der Waals surface area (Å²) in [5, 5.41) is 14.5. The van der Waals surface area contributed by atoms with Gasteiger partial charge in [0.15, 0.2) is 0 Å². The minimum atomic E-state index is -0.933. The lowest BCUT2D eigenvalue weighted by atomic mass is 9.98. The quantitative estimate of drug-likeness (QED) is 0.468. The highest BCUT2D eigenvalue weighted by Gasteiger charge is 2.34. The van der Waals surface area contributed by atoms with Gasteiger partial charge in [-0.2, -0.15) is 0 Å². The van der Waals surface area contributed by atoms with Gasteiger partial charge in [-0.1, -0.05) is 48.5 Å². The van der Waals surface area contributed by atoms with E-state index in [1.165, 1.54) is 7.11 Å². The molecule has 0 saturated heterocycles. The fourth-order valence-corrected chi connectivity index (χ4v) is 4.58. The van der Waals surface area contributed by atoms with E-state index in [2.05, 4.69) is 34.9 Å². The number of alkyl carbamates (subject to hydrolysis) is 1. The number of carboxylic acid groups (broad SMARTS) is 1. The first-order chi connectivity index (χ1) is 16.5. The van der Waals surface area contributed by atoms with Crippen molar-refractivity contribution in [1.82, 2.24) is 10.6 Å². The summed E-state index contributed by atoms with van der Waals surface area (Å²) in [4.78, 5) is 35.8. The van der Waals surface area contributed by atoms with Crippen LogP contribution in [-0.4, -0.2) is 55.5 Å². The third kappa shape index (κ3) is 5.75. The Morgan fingerprint density at radius 3 is 2.18 bits per heavy atom. The van der Waals surface area contributed by atoms with Crippen molar-refractivity contribution in [3.63, 3.8) is 0 Å². The number of rotatable bonds is 11. The molecular formula is C26H30N2O6. The molecule has 2 amide bonds. The predicted octanol–water partition coefficient (Wildman–Crippen LogP) is 3.30. The van der Waals surface area contributed by atoms with Crippen molar-refractivity contribution in [3.05, 3.63) is 59.7 Å². The number of hydrogen-bond acceptors (Lipinski definition) is 5. The largest absolute Gasteiger partial charge is 0.481 e. The Hall–Kier alpha value is -3.39. The third-order valence-electron chi connectivity index (χ3n) is 6.50. The number of methoxy groups -OCH3 is 1. The molecule has 0 heterocycles. The maximum Gasteiger partial charge on any atom is 0.407 e. The van der Waals surface area contributed by atoms with E-state index in [-0.39, 0.29) is 49.8 Å². The lowest BCUT2D eigenvalue weighted by Gasteiger charge is -2.20. The summed E-state index contributed by atoms with van der Waals surface area (Å²) in [6.07, 6.45) is 0.649. The van der Waals surface area contributed by atoms with Crippen LogP contribution < -0.4 is 10.6 Å². The van der Waals surface area contributed by atoms with Gasteiger partial charge in [-0.15, -0.1) is 0 Å². The lowest BCUT2D eigenvalue weighted by Crippen LogP contribution is -2.42. The Bertz CT molecular complexity index is 1010. The standard InChI is InChI=1S/C26H30N2O6/c1-33-17(12-24(29)28-23(13-25(30)31)16-10-11-16)14-27-26(32)34-15-22-20-8-4-2-6-18(20)19-7-3-5-9-21(19)22/h2-9,16-17,22-23H,10-15H2,1H3,(H,27,32)(H,28,29)(H,30,31). The molecule has 4 rings (SSSR count). The van der Waals surface area contributed by atoms with Crippen molar-refractivity contribution in [2.24, 2.45) is 5.92 Å². The molecule has 3 N–H and O–H groups in total. The molecule has 0 bridgehead atoms. The van der Waals surface area contributed by atoms with Gasteiger partial charge in [-0.05, 0) is 41.0 Å². The van der Waals surface area contributed by atoms with Gasteiger partial charge in [-0.25, -0.2) is 4.79 Å². The van der Waals surface area contributed by atoms with Crippen molar-refractivity contribution in [2.75, 3.05) is 20.3 Å². The van der Waals surface area contributed by atoms with E-state index in [4.69, 9.17) is 14.6 Å². The van der Waals surface area contributed by atoms with Crippen LogP contribution in [0.25, 0.3) is 11.1 Å². The van der Waals surface area contributed by atoms with Gasteiger partial charge < -0.3 is 25.2 Å². The number of nitrogens with one attached hydrogen (secondary N) is 2. The number of carbonyl (C=O) groups excluding carboxylic acids is 2. The first-order valence-corrected chi connectivity index (χ1v) is 11.6. The zero-order valence-corrected chi connectivity index (χ0v) is 19.2. The van der Waals surface area contributed by atoms with Crippen molar-refractivity contribution >= 4 is 18.0 Å². The van der Waals surface area contributed by atoms with Crippen LogP contribution in [0.1, 0.15) is 42.7 Å². The maximum absolute atomic E-state index is 12.4. The van der Waals surface area contributed by atoms with Gasteiger partial charge >= 0.3 is 12.1 Å². The van der Waals surface area contributed by atoms with Crippen LogP contribution in [0.2, 0.25) is 0 Å². The highest BCUT2D eigenvalue weighted by molar-refractivity contribution is 5.79. The van der Waals surface area contributed by atoms with Crippen molar-refractivity contribution < 1.29 is 29.0 Å². The maximum atomic E-state index is 12.4. The molecule has 0 aliphatic heterocycles. The van der Waals surface area contributed by atoms with E-state index < -0.39 is 18.2 Å². The number of fused-ring (bicyclic) bond motifs is 3. The number of aliphatic carboxylic acids is 1.